The highest BCUT2D eigenvalue weighted by Gasteiger charge is 2.04. The fourth-order valence-corrected chi connectivity index (χ4v) is 1.43. The number of hydrogen-bond donors (Lipinski definition) is 0. The minimum Gasteiger partial charge on any atom is -0.490 e. The Bertz CT molecular complexity index is 549. The molecule has 0 bridgehead atoms. The molecule has 0 fully saturated rings. The molecule has 2 rings (SSSR count). The van der Waals surface area contributed by atoms with Crippen molar-refractivity contribution in [1.29, 1.82) is 0 Å². The highest BCUT2D eigenvalue weighted by Crippen LogP contribution is 2.18. The maximum atomic E-state index is 5.40. The molecule has 0 unspecified atom stereocenters. The van der Waals surface area contributed by atoms with Crippen LogP contribution in [-0.2, 0) is 6.42 Å². The van der Waals surface area contributed by atoms with Crippen LogP contribution in [0.5, 0.6) is 5.75 Å². The van der Waals surface area contributed by atoms with Crippen molar-refractivity contribution < 1.29 is 4.74 Å². The molecule has 0 saturated heterocycles. The maximum absolute atomic E-state index is 5.40. The number of hydrogen-bond acceptors (Lipinski definition) is 5. The monoisotopic (exact) mass is 254 g/mol. The van der Waals surface area contributed by atoms with E-state index in [1.165, 1.54) is 0 Å². The minimum absolute atomic E-state index is 0.481. The maximum Gasteiger partial charge on any atom is 0.203 e. The molecule has 0 aliphatic rings. The predicted octanol–water partition coefficient (Wildman–Crippen LogP) is 2.23. The van der Waals surface area contributed by atoms with Crippen molar-refractivity contribution in [2.45, 2.75) is 6.42 Å². The summed E-state index contributed by atoms with van der Waals surface area (Å²) in [7, 11) is 0. The molecule has 1 aromatic carbocycles. The van der Waals surface area contributed by atoms with E-state index in [0.717, 1.165) is 11.3 Å². The van der Waals surface area contributed by atoms with Crippen LogP contribution in [0.4, 0.5) is 0 Å². The third kappa shape index (κ3) is 3.45. The Labute approximate surface area is 111 Å². The van der Waals surface area contributed by atoms with Crippen LogP contribution in [0.3, 0.4) is 0 Å². The second-order valence-electron chi connectivity index (χ2n) is 3.76. The van der Waals surface area contributed by atoms with Crippen LogP contribution in [0, 0.1) is 0 Å². The lowest BCUT2D eigenvalue weighted by atomic mass is 10.2. The van der Waals surface area contributed by atoms with E-state index in [9.17, 15) is 0 Å². The van der Waals surface area contributed by atoms with E-state index in [0.29, 0.717) is 24.7 Å². The number of nitrogens with zero attached hydrogens (tertiary/aromatic N) is 4. The largest absolute Gasteiger partial charge is 0.490 e. The first-order chi connectivity index (χ1) is 9.33. The standard InChI is InChI=1S/C14H14N4O/c1-3-5-13-15-17-14(18-16-13)11-6-8-12(9-7-11)19-10-4-2/h3-4,6-9H,1-2,5,10H2. The molecule has 0 aliphatic heterocycles. The molecular formula is C14H14N4O. The first-order valence-electron chi connectivity index (χ1n) is 5.85. The van der Waals surface area contributed by atoms with Gasteiger partial charge >= 0.3 is 0 Å². The lowest BCUT2D eigenvalue weighted by Gasteiger charge is -2.03. The van der Waals surface area contributed by atoms with Gasteiger partial charge < -0.3 is 4.74 Å². The Balaban J connectivity index is 2.12. The van der Waals surface area contributed by atoms with E-state index in [1.807, 2.05) is 24.3 Å². The zero-order chi connectivity index (χ0) is 13.5. The van der Waals surface area contributed by atoms with Gasteiger partial charge in [0.1, 0.15) is 12.4 Å². The van der Waals surface area contributed by atoms with Crippen LogP contribution in [0.2, 0.25) is 0 Å². The van der Waals surface area contributed by atoms with Crippen molar-refractivity contribution in [2.24, 2.45) is 0 Å². The third-order valence-corrected chi connectivity index (χ3v) is 2.33. The van der Waals surface area contributed by atoms with Gasteiger partial charge in [-0.15, -0.1) is 27.0 Å². The molecule has 1 aromatic heterocycles. The van der Waals surface area contributed by atoms with Crippen LogP contribution in [0.15, 0.2) is 49.6 Å². The van der Waals surface area contributed by atoms with Gasteiger partial charge in [-0.3, -0.25) is 0 Å². The lowest BCUT2D eigenvalue weighted by Crippen LogP contribution is -2.01. The van der Waals surface area contributed by atoms with Gasteiger partial charge in [0.2, 0.25) is 5.82 Å². The fourth-order valence-electron chi connectivity index (χ4n) is 1.43. The van der Waals surface area contributed by atoms with Crippen LogP contribution in [0.25, 0.3) is 11.4 Å². The minimum atomic E-state index is 0.481. The third-order valence-electron chi connectivity index (χ3n) is 2.33. The van der Waals surface area contributed by atoms with Gasteiger partial charge in [0.05, 0.1) is 0 Å². The summed E-state index contributed by atoms with van der Waals surface area (Å²) in [6.07, 6.45) is 3.97. The molecule has 2 aromatic rings. The second-order valence-corrected chi connectivity index (χ2v) is 3.76. The average molecular weight is 254 g/mol. The molecule has 0 radical (unpaired) electrons. The van der Waals surface area contributed by atoms with Crippen molar-refractivity contribution >= 4 is 0 Å². The van der Waals surface area contributed by atoms with Crippen LogP contribution in [-0.4, -0.2) is 27.0 Å². The Morgan fingerprint density at radius 2 is 1.63 bits per heavy atom. The Morgan fingerprint density at radius 3 is 2.21 bits per heavy atom. The molecular weight excluding hydrogens is 240 g/mol. The topological polar surface area (TPSA) is 60.8 Å². The normalized spacial score (nSPS) is 9.89. The van der Waals surface area contributed by atoms with E-state index >= 15 is 0 Å². The quantitative estimate of drug-likeness (QED) is 0.740. The second kappa shape index (κ2) is 6.39. The summed E-state index contributed by atoms with van der Waals surface area (Å²) in [4.78, 5) is 0. The van der Waals surface area contributed by atoms with Gasteiger partial charge in [-0.05, 0) is 24.3 Å². The van der Waals surface area contributed by atoms with Gasteiger partial charge in [0, 0.05) is 12.0 Å². The summed E-state index contributed by atoms with van der Waals surface area (Å²) >= 11 is 0. The van der Waals surface area contributed by atoms with Crippen LogP contribution >= 0.6 is 0 Å². The van der Waals surface area contributed by atoms with Crippen molar-refractivity contribution in [3.8, 4) is 17.1 Å². The molecule has 1 heterocycles. The zero-order valence-electron chi connectivity index (χ0n) is 10.5. The number of allylic oxidation sites excluding steroid dienone is 1. The molecule has 0 spiro atoms. The average Bonchev–Trinajstić information content (AvgIpc) is 2.47. The van der Waals surface area contributed by atoms with E-state index < -0.39 is 0 Å². The summed E-state index contributed by atoms with van der Waals surface area (Å²) in [6, 6.07) is 7.42. The zero-order valence-corrected chi connectivity index (χ0v) is 10.5. The number of benzene rings is 1. The van der Waals surface area contributed by atoms with Gasteiger partial charge in [0.25, 0.3) is 0 Å². The smallest absolute Gasteiger partial charge is 0.203 e. The molecule has 0 atom stereocenters. The SMILES string of the molecule is C=CCOc1ccc(-c2nnc(CC=C)nn2)cc1. The van der Waals surface area contributed by atoms with E-state index in [4.69, 9.17) is 4.74 Å². The van der Waals surface area contributed by atoms with Crippen molar-refractivity contribution in [3.63, 3.8) is 0 Å². The Morgan fingerprint density at radius 1 is 0.947 bits per heavy atom. The first kappa shape index (κ1) is 12.9. The molecule has 0 aliphatic carbocycles. The van der Waals surface area contributed by atoms with Gasteiger partial charge in [0.15, 0.2) is 5.82 Å². The van der Waals surface area contributed by atoms with E-state index in [1.54, 1.807) is 12.2 Å². The van der Waals surface area contributed by atoms with Crippen molar-refractivity contribution in [2.75, 3.05) is 6.61 Å². The molecule has 5 heteroatoms. The van der Waals surface area contributed by atoms with E-state index in [-0.39, 0.29) is 0 Å². The number of ether oxygens (including phenoxy) is 1. The lowest BCUT2D eigenvalue weighted by molar-refractivity contribution is 0.363. The highest BCUT2D eigenvalue weighted by atomic mass is 16.5. The van der Waals surface area contributed by atoms with Gasteiger partial charge in [-0.2, -0.15) is 0 Å². The molecule has 5 nitrogen and oxygen atoms in total. The fraction of sp³-hybridized carbons (Fsp3) is 0.143. The summed E-state index contributed by atoms with van der Waals surface area (Å²) < 4.78 is 5.40. The molecule has 96 valence electrons. The number of rotatable bonds is 6. The first-order valence-corrected chi connectivity index (χ1v) is 5.85. The molecule has 0 saturated carbocycles. The summed E-state index contributed by atoms with van der Waals surface area (Å²) in [5.41, 5.74) is 0.844. The van der Waals surface area contributed by atoms with Gasteiger partial charge in [-0.1, -0.05) is 18.7 Å². The molecule has 19 heavy (non-hydrogen) atoms. The summed E-state index contributed by atoms with van der Waals surface area (Å²) in [5.74, 6) is 1.82. The summed E-state index contributed by atoms with van der Waals surface area (Å²) in [5, 5.41) is 16.0. The van der Waals surface area contributed by atoms with Crippen molar-refractivity contribution in [3.05, 3.63) is 55.4 Å². The Hall–Kier alpha value is -2.56. The van der Waals surface area contributed by atoms with Crippen LogP contribution in [0.1, 0.15) is 5.82 Å². The molecule has 0 amide bonds. The highest BCUT2D eigenvalue weighted by molar-refractivity contribution is 5.54. The Kier molecular flexibility index (Phi) is 4.34. The number of aromatic nitrogens is 4. The summed E-state index contributed by atoms with van der Waals surface area (Å²) in [6.45, 7) is 7.69. The molecule has 0 N–H and O–H groups in total. The van der Waals surface area contributed by atoms with Crippen molar-refractivity contribution in [1.82, 2.24) is 20.4 Å². The van der Waals surface area contributed by atoms with Crippen LogP contribution < -0.4 is 4.74 Å². The van der Waals surface area contributed by atoms with E-state index in [2.05, 4.69) is 33.6 Å². The van der Waals surface area contributed by atoms with Gasteiger partial charge in [-0.25, -0.2) is 0 Å². The predicted molar refractivity (Wildman–Crippen MR) is 72.7 cm³/mol.